The summed E-state index contributed by atoms with van der Waals surface area (Å²) in [6, 6.07) is 5.44. The number of benzene rings is 1. The van der Waals surface area contributed by atoms with Crippen LogP contribution in [0.5, 0.6) is 0 Å². The number of aryl methyl sites for hydroxylation is 1. The fraction of sp³-hybridized carbons (Fsp3) is 0.368. The van der Waals surface area contributed by atoms with E-state index in [1.807, 2.05) is 0 Å². The first kappa shape index (κ1) is 20.6. The molecule has 1 N–H and O–H groups in total. The molecule has 3 rings (SSSR count). The second-order valence-electron chi connectivity index (χ2n) is 6.79. The predicted molar refractivity (Wildman–Crippen MR) is 95.6 cm³/mol. The maximum absolute atomic E-state index is 13.0. The first-order chi connectivity index (χ1) is 13.6. The molecule has 1 aliphatic carbocycles. The summed E-state index contributed by atoms with van der Waals surface area (Å²) in [4.78, 5) is 36.4. The SMILES string of the molecule is Cc1cc(=O)c(C(=O)O[C@H](C)C(=O)NC2CC2)nn1-c1cccc(C(F)(F)F)c1. The smallest absolute Gasteiger partial charge is 0.416 e. The van der Waals surface area contributed by atoms with E-state index in [0.29, 0.717) is 0 Å². The van der Waals surface area contributed by atoms with E-state index in [-0.39, 0.29) is 17.4 Å². The number of ether oxygens (including phenoxy) is 1. The predicted octanol–water partition coefficient (Wildman–Crippen LogP) is 2.38. The van der Waals surface area contributed by atoms with Crippen LogP contribution in [0.1, 0.15) is 41.5 Å². The molecule has 0 radical (unpaired) electrons. The van der Waals surface area contributed by atoms with Gasteiger partial charge in [0.15, 0.2) is 6.10 Å². The summed E-state index contributed by atoms with van der Waals surface area (Å²) in [6.45, 7) is 2.82. The maximum atomic E-state index is 13.0. The number of carbonyl (C=O) groups is 2. The number of rotatable bonds is 5. The minimum atomic E-state index is -4.56. The summed E-state index contributed by atoms with van der Waals surface area (Å²) in [5, 5.41) is 6.55. The normalized spacial score (nSPS) is 14.9. The van der Waals surface area contributed by atoms with Crippen LogP contribution in [0.3, 0.4) is 0 Å². The first-order valence-corrected chi connectivity index (χ1v) is 8.86. The van der Waals surface area contributed by atoms with Gasteiger partial charge in [-0.3, -0.25) is 9.59 Å². The molecule has 7 nitrogen and oxygen atoms in total. The summed E-state index contributed by atoms with van der Waals surface area (Å²) in [7, 11) is 0. The van der Waals surface area contributed by atoms with E-state index >= 15 is 0 Å². The quantitative estimate of drug-likeness (QED) is 0.766. The number of hydrogen-bond acceptors (Lipinski definition) is 5. The van der Waals surface area contributed by atoms with E-state index in [9.17, 15) is 27.6 Å². The number of halogens is 3. The number of esters is 1. The van der Waals surface area contributed by atoms with Crippen LogP contribution in [0, 0.1) is 6.92 Å². The molecule has 0 unspecified atom stereocenters. The Bertz CT molecular complexity index is 1010. The molecule has 1 aromatic carbocycles. The summed E-state index contributed by atoms with van der Waals surface area (Å²) in [5.41, 5.74) is -2.04. The van der Waals surface area contributed by atoms with Gasteiger partial charge in [-0.15, -0.1) is 0 Å². The van der Waals surface area contributed by atoms with Gasteiger partial charge in [0.2, 0.25) is 11.1 Å². The molecule has 1 amide bonds. The Hall–Kier alpha value is -3.17. The molecule has 1 heterocycles. The van der Waals surface area contributed by atoms with E-state index < -0.39 is 40.8 Å². The second kappa shape index (κ2) is 7.69. The standard InChI is InChI=1S/C19H18F3N3O4/c1-10-8-15(26)16(18(28)29-11(2)17(27)23-13-6-7-13)24-25(10)14-5-3-4-12(9-14)19(20,21)22/h3-5,8-9,11,13H,6-7H2,1-2H3,(H,23,27)/t11-/m1/s1. The Balaban J connectivity index is 1.88. The zero-order valence-corrected chi connectivity index (χ0v) is 15.6. The molecule has 0 saturated heterocycles. The molecule has 0 bridgehead atoms. The number of hydrogen-bond donors (Lipinski definition) is 1. The highest BCUT2D eigenvalue weighted by molar-refractivity contribution is 5.90. The van der Waals surface area contributed by atoms with E-state index in [1.165, 1.54) is 26.0 Å². The fourth-order valence-corrected chi connectivity index (χ4v) is 2.58. The average molecular weight is 409 g/mol. The third-order valence-electron chi connectivity index (χ3n) is 4.30. The van der Waals surface area contributed by atoms with Gasteiger partial charge in [0.05, 0.1) is 11.3 Å². The Morgan fingerprint density at radius 3 is 2.59 bits per heavy atom. The lowest BCUT2D eigenvalue weighted by molar-refractivity contribution is -0.137. The van der Waals surface area contributed by atoms with Crippen molar-refractivity contribution in [3.05, 3.63) is 57.5 Å². The van der Waals surface area contributed by atoms with Crippen LogP contribution in [0.2, 0.25) is 0 Å². The minimum absolute atomic E-state index is 0.0194. The molecular weight excluding hydrogens is 391 g/mol. The number of aromatic nitrogens is 2. The van der Waals surface area contributed by atoms with Gasteiger partial charge in [-0.2, -0.15) is 18.3 Å². The van der Waals surface area contributed by atoms with Gasteiger partial charge in [-0.05, 0) is 44.9 Å². The molecule has 29 heavy (non-hydrogen) atoms. The Morgan fingerprint density at radius 1 is 1.28 bits per heavy atom. The molecule has 1 aliphatic rings. The van der Waals surface area contributed by atoms with Crippen molar-refractivity contribution in [1.29, 1.82) is 0 Å². The van der Waals surface area contributed by atoms with Crippen molar-refractivity contribution >= 4 is 11.9 Å². The molecule has 2 aromatic rings. The van der Waals surface area contributed by atoms with E-state index in [0.717, 1.165) is 35.7 Å². The summed E-state index contributed by atoms with van der Waals surface area (Å²) in [6.07, 6.45) is -4.00. The number of carbonyl (C=O) groups excluding carboxylic acids is 2. The monoisotopic (exact) mass is 409 g/mol. The Labute approximate surface area is 163 Å². The lowest BCUT2D eigenvalue weighted by Crippen LogP contribution is -2.38. The highest BCUT2D eigenvalue weighted by atomic mass is 19.4. The number of nitrogens with zero attached hydrogens (tertiary/aromatic N) is 2. The molecule has 1 fully saturated rings. The van der Waals surface area contributed by atoms with Gasteiger partial charge in [0.1, 0.15) is 0 Å². The van der Waals surface area contributed by atoms with Crippen LogP contribution in [0.15, 0.2) is 35.1 Å². The van der Waals surface area contributed by atoms with Crippen molar-refractivity contribution in [2.24, 2.45) is 0 Å². The van der Waals surface area contributed by atoms with Crippen LogP contribution in [-0.4, -0.2) is 33.8 Å². The van der Waals surface area contributed by atoms with Crippen LogP contribution >= 0.6 is 0 Å². The van der Waals surface area contributed by atoms with Gasteiger partial charge in [-0.1, -0.05) is 6.07 Å². The van der Waals surface area contributed by atoms with Gasteiger partial charge < -0.3 is 10.1 Å². The second-order valence-corrected chi connectivity index (χ2v) is 6.79. The Kier molecular flexibility index (Phi) is 5.45. The van der Waals surface area contributed by atoms with Crippen LogP contribution in [-0.2, 0) is 15.7 Å². The van der Waals surface area contributed by atoms with Crippen molar-refractivity contribution in [2.75, 3.05) is 0 Å². The van der Waals surface area contributed by atoms with Crippen molar-refractivity contribution in [2.45, 2.75) is 45.0 Å². The third-order valence-corrected chi connectivity index (χ3v) is 4.30. The van der Waals surface area contributed by atoms with E-state index in [2.05, 4.69) is 10.4 Å². The maximum Gasteiger partial charge on any atom is 0.416 e. The minimum Gasteiger partial charge on any atom is -0.448 e. The third kappa shape index (κ3) is 4.82. The molecule has 1 atom stereocenters. The molecule has 154 valence electrons. The summed E-state index contributed by atoms with van der Waals surface area (Å²) >= 11 is 0. The van der Waals surface area contributed by atoms with E-state index in [1.54, 1.807) is 0 Å². The van der Waals surface area contributed by atoms with Gasteiger partial charge in [0, 0.05) is 17.8 Å². The van der Waals surface area contributed by atoms with Crippen molar-refractivity contribution in [3.63, 3.8) is 0 Å². The van der Waals surface area contributed by atoms with E-state index in [4.69, 9.17) is 4.74 Å². The highest BCUT2D eigenvalue weighted by Gasteiger charge is 2.31. The van der Waals surface area contributed by atoms with Crippen LogP contribution in [0.4, 0.5) is 13.2 Å². The number of alkyl halides is 3. The molecule has 0 aliphatic heterocycles. The zero-order chi connectivity index (χ0) is 21.3. The number of nitrogens with one attached hydrogen (secondary N) is 1. The lowest BCUT2D eigenvalue weighted by atomic mass is 10.2. The molecular formula is C19H18F3N3O4. The zero-order valence-electron chi connectivity index (χ0n) is 15.6. The highest BCUT2D eigenvalue weighted by Crippen LogP contribution is 2.30. The summed E-state index contributed by atoms with van der Waals surface area (Å²) in [5.74, 6) is -1.62. The topological polar surface area (TPSA) is 90.3 Å². The largest absolute Gasteiger partial charge is 0.448 e. The van der Waals surface area contributed by atoms with Crippen molar-refractivity contribution < 1.29 is 27.5 Å². The lowest BCUT2D eigenvalue weighted by Gasteiger charge is -2.15. The summed E-state index contributed by atoms with van der Waals surface area (Å²) < 4.78 is 45.0. The van der Waals surface area contributed by atoms with Crippen molar-refractivity contribution in [1.82, 2.24) is 15.1 Å². The average Bonchev–Trinajstić information content (AvgIpc) is 3.45. The van der Waals surface area contributed by atoms with Crippen molar-refractivity contribution in [3.8, 4) is 5.69 Å². The van der Waals surface area contributed by atoms with Crippen LogP contribution in [0.25, 0.3) is 5.69 Å². The Morgan fingerprint density at radius 2 is 1.97 bits per heavy atom. The molecule has 1 saturated carbocycles. The molecule has 1 aromatic heterocycles. The molecule has 0 spiro atoms. The van der Waals surface area contributed by atoms with Gasteiger partial charge in [0.25, 0.3) is 5.91 Å². The first-order valence-electron chi connectivity index (χ1n) is 8.86. The fourth-order valence-electron chi connectivity index (χ4n) is 2.58. The number of amides is 1. The van der Waals surface area contributed by atoms with Gasteiger partial charge in [-0.25, -0.2) is 9.48 Å². The molecule has 10 heteroatoms. The van der Waals surface area contributed by atoms with Gasteiger partial charge >= 0.3 is 12.1 Å². The van der Waals surface area contributed by atoms with Crippen LogP contribution < -0.4 is 10.7 Å².